The van der Waals surface area contributed by atoms with Crippen molar-refractivity contribution in [1.29, 1.82) is 0 Å². The minimum Gasteiger partial charge on any atom is -0.340 e. The Kier molecular flexibility index (Phi) is 4.58. The average molecular weight is 394 g/mol. The van der Waals surface area contributed by atoms with Crippen molar-refractivity contribution in [3.8, 4) is 0 Å². The fourth-order valence-corrected chi connectivity index (χ4v) is 2.98. The molecule has 8 heteroatoms. The van der Waals surface area contributed by atoms with Crippen LogP contribution in [0.2, 0.25) is 5.02 Å². The van der Waals surface area contributed by atoms with Gasteiger partial charge in [-0.1, -0.05) is 29.8 Å². The number of rotatable bonds is 4. The fourth-order valence-electron chi connectivity index (χ4n) is 2.85. The second-order valence-electron chi connectivity index (χ2n) is 6.21. The summed E-state index contributed by atoms with van der Waals surface area (Å²) in [5, 5.41) is 9.48. The van der Waals surface area contributed by atoms with Crippen LogP contribution in [-0.4, -0.2) is 20.5 Å². The van der Waals surface area contributed by atoms with E-state index in [1.807, 2.05) is 18.2 Å². The van der Waals surface area contributed by atoms with Gasteiger partial charge in [-0.15, -0.1) is 0 Å². The number of nitrogens with zero attached hydrogens (tertiary/aromatic N) is 2. The number of carbonyl (C=O) groups excluding carboxylic acids is 1. The first-order chi connectivity index (χ1) is 13.5. The molecule has 4 rings (SSSR count). The smallest absolute Gasteiger partial charge is 0.272 e. The SMILES string of the molecule is Cc1cc(=O)n2[nH]c(Nc3ccc(Cl)cc3)c(C(=O)Nc3ccccc3)c2n1. The molecule has 3 N–H and O–H groups in total. The minimum atomic E-state index is -0.390. The van der Waals surface area contributed by atoms with Crippen LogP contribution in [0.25, 0.3) is 5.65 Å². The summed E-state index contributed by atoms with van der Waals surface area (Å²) in [5.74, 6) is -0.0372. The van der Waals surface area contributed by atoms with Crippen molar-refractivity contribution >= 4 is 40.3 Å². The number of H-pyrrole nitrogens is 1. The number of para-hydroxylation sites is 1. The van der Waals surface area contributed by atoms with Crippen LogP contribution < -0.4 is 16.2 Å². The molecule has 0 bridgehead atoms. The van der Waals surface area contributed by atoms with E-state index in [1.54, 1.807) is 43.3 Å². The zero-order valence-electron chi connectivity index (χ0n) is 14.9. The van der Waals surface area contributed by atoms with Gasteiger partial charge in [0.15, 0.2) is 5.65 Å². The Labute approximate surface area is 165 Å². The topological polar surface area (TPSA) is 91.3 Å². The number of carbonyl (C=O) groups is 1. The maximum atomic E-state index is 13.0. The Balaban J connectivity index is 1.82. The van der Waals surface area contributed by atoms with E-state index in [0.717, 1.165) is 0 Å². The number of amides is 1. The minimum absolute atomic E-state index is 0.236. The van der Waals surface area contributed by atoms with Gasteiger partial charge in [0.1, 0.15) is 11.4 Å². The lowest BCUT2D eigenvalue weighted by Gasteiger charge is -2.08. The third-order valence-corrected chi connectivity index (χ3v) is 4.37. The molecule has 1 amide bonds. The molecule has 0 radical (unpaired) electrons. The van der Waals surface area contributed by atoms with Gasteiger partial charge < -0.3 is 10.6 Å². The molecule has 0 aliphatic carbocycles. The monoisotopic (exact) mass is 393 g/mol. The predicted octanol–water partition coefficient (Wildman–Crippen LogP) is 3.98. The highest BCUT2D eigenvalue weighted by Crippen LogP contribution is 2.24. The van der Waals surface area contributed by atoms with Gasteiger partial charge in [0.25, 0.3) is 11.5 Å². The van der Waals surface area contributed by atoms with Crippen molar-refractivity contribution in [2.75, 3.05) is 10.6 Å². The Morgan fingerprint density at radius 2 is 1.79 bits per heavy atom. The van der Waals surface area contributed by atoms with Gasteiger partial charge in [-0.3, -0.25) is 14.7 Å². The van der Waals surface area contributed by atoms with Crippen LogP contribution in [0, 0.1) is 6.92 Å². The van der Waals surface area contributed by atoms with Crippen molar-refractivity contribution in [2.45, 2.75) is 6.92 Å². The molecular formula is C20H16ClN5O2. The summed E-state index contributed by atoms with van der Waals surface area (Å²) in [7, 11) is 0. The van der Waals surface area contributed by atoms with Crippen LogP contribution in [0.15, 0.2) is 65.5 Å². The number of aryl methyl sites for hydroxylation is 1. The number of anilines is 3. The first kappa shape index (κ1) is 17.8. The van der Waals surface area contributed by atoms with Crippen molar-refractivity contribution in [3.05, 3.63) is 87.3 Å². The van der Waals surface area contributed by atoms with Gasteiger partial charge in [-0.2, -0.15) is 4.52 Å². The van der Waals surface area contributed by atoms with Gasteiger partial charge in [-0.25, -0.2) is 4.98 Å². The van der Waals surface area contributed by atoms with Crippen LogP contribution in [0.1, 0.15) is 16.1 Å². The molecule has 0 aliphatic rings. The van der Waals surface area contributed by atoms with E-state index < -0.39 is 0 Å². The third-order valence-electron chi connectivity index (χ3n) is 4.12. The molecule has 0 saturated heterocycles. The summed E-state index contributed by atoms with van der Waals surface area (Å²) in [5.41, 5.74) is 2.04. The number of halogens is 1. The molecule has 2 aromatic heterocycles. The van der Waals surface area contributed by atoms with E-state index in [0.29, 0.717) is 27.9 Å². The fraction of sp³-hybridized carbons (Fsp3) is 0.0500. The van der Waals surface area contributed by atoms with Gasteiger partial charge in [-0.05, 0) is 43.3 Å². The van der Waals surface area contributed by atoms with Gasteiger partial charge in [0, 0.05) is 28.2 Å². The van der Waals surface area contributed by atoms with Crippen molar-refractivity contribution in [1.82, 2.24) is 14.6 Å². The molecule has 4 aromatic rings. The zero-order valence-corrected chi connectivity index (χ0v) is 15.6. The molecule has 0 atom stereocenters. The molecule has 0 unspecified atom stereocenters. The number of benzene rings is 2. The molecule has 2 heterocycles. The van der Waals surface area contributed by atoms with Crippen LogP contribution in [0.4, 0.5) is 17.2 Å². The summed E-state index contributed by atoms with van der Waals surface area (Å²) >= 11 is 5.93. The summed E-state index contributed by atoms with van der Waals surface area (Å²) in [4.78, 5) is 29.8. The van der Waals surface area contributed by atoms with E-state index >= 15 is 0 Å². The van der Waals surface area contributed by atoms with Crippen LogP contribution in [0.3, 0.4) is 0 Å². The Morgan fingerprint density at radius 1 is 1.07 bits per heavy atom. The van der Waals surface area contributed by atoms with E-state index in [1.165, 1.54) is 10.6 Å². The van der Waals surface area contributed by atoms with Gasteiger partial charge in [0.2, 0.25) is 0 Å². The maximum Gasteiger partial charge on any atom is 0.272 e. The van der Waals surface area contributed by atoms with Crippen molar-refractivity contribution < 1.29 is 4.79 Å². The predicted molar refractivity (Wildman–Crippen MR) is 110 cm³/mol. The van der Waals surface area contributed by atoms with Gasteiger partial charge >= 0.3 is 0 Å². The number of fused-ring (bicyclic) bond motifs is 1. The molecule has 0 aliphatic heterocycles. The molecule has 2 aromatic carbocycles. The quantitative estimate of drug-likeness (QED) is 0.489. The van der Waals surface area contributed by atoms with E-state index in [2.05, 4.69) is 20.7 Å². The van der Waals surface area contributed by atoms with E-state index in [9.17, 15) is 9.59 Å². The van der Waals surface area contributed by atoms with E-state index in [4.69, 9.17) is 11.6 Å². The molecule has 0 fully saturated rings. The number of hydrogen-bond acceptors (Lipinski definition) is 4. The summed E-state index contributed by atoms with van der Waals surface area (Å²) < 4.78 is 1.24. The lowest BCUT2D eigenvalue weighted by atomic mass is 10.2. The largest absolute Gasteiger partial charge is 0.340 e. The number of nitrogens with one attached hydrogen (secondary N) is 3. The average Bonchev–Trinajstić information content (AvgIpc) is 3.03. The first-order valence-corrected chi connectivity index (χ1v) is 8.90. The highest BCUT2D eigenvalue weighted by atomic mass is 35.5. The summed E-state index contributed by atoms with van der Waals surface area (Å²) in [6, 6.07) is 17.5. The molecule has 28 heavy (non-hydrogen) atoms. The highest BCUT2D eigenvalue weighted by Gasteiger charge is 2.22. The molecule has 7 nitrogen and oxygen atoms in total. The van der Waals surface area contributed by atoms with Crippen LogP contribution in [0.5, 0.6) is 0 Å². The lowest BCUT2D eigenvalue weighted by Crippen LogP contribution is -2.17. The number of hydrogen-bond donors (Lipinski definition) is 3. The first-order valence-electron chi connectivity index (χ1n) is 8.52. The number of aromatic amines is 1. The van der Waals surface area contributed by atoms with Crippen LogP contribution >= 0.6 is 11.6 Å². The maximum absolute atomic E-state index is 13.0. The Bertz CT molecular complexity index is 1210. The lowest BCUT2D eigenvalue weighted by molar-refractivity contribution is 0.102. The number of aromatic nitrogens is 3. The molecule has 140 valence electrons. The molecule has 0 saturated carbocycles. The Hall–Kier alpha value is -3.58. The van der Waals surface area contributed by atoms with Gasteiger partial charge in [0.05, 0.1) is 0 Å². The van der Waals surface area contributed by atoms with Crippen molar-refractivity contribution in [3.63, 3.8) is 0 Å². The second kappa shape index (κ2) is 7.21. The summed E-state index contributed by atoms with van der Waals surface area (Å²) in [6.45, 7) is 1.71. The standard InChI is InChI=1S/C20H16ClN5O2/c1-12-11-16(27)26-19(22-12)17(20(28)24-14-5-3-2-4-6-14)18(25-26)23-15-9-7-13(21)8-10-15/h2-11,23,25H,1H3,(H,24,28). The Morgan fingerprint density at radius 3 is 2.50 bits per heavy atom. The highest BCUT2D eigenvalue weighted by molar-refractivity contribution is 6.30. The third kappa shape index (κ3) is 3.47. The zero-order chi connectivity index (χ0) is 19.7. The second-order valence-corrected chi connectivity index (χ2v) is 6.65. The normalized spacial score (nSPS) is 10.8. The molecule has 0 spiro atoms. The van der Waals surface area contributed by atoms with E-state index in [-0.39, 0.29) is 22.7 Å². The molecular weight excluding hydrogens is 378 g/mol. The van der Waals surface area contributed by atoms with Crippen molar-refractivity contribution in [2.24, 2.45) is 0 Å². The summed E-state index contributed by atoms with van der Waals surface area (Å²) in [6.07, 6.45) is 0. The van der Waals surface area contributed by atoms with Crippen LogP contribution in [-0.2, 0) is 0 Å².